The molecule has 2 aromatic rings. The number of halogens is 3. The van der Waals surface area contributed by atoms with Crippen LogP contribution < -0.4 is 4.90 Å². The van der Waals surface area contributed by atoms with Gasteiger partial charge in [0.1, 0.15) is 11.8 Å². The molecule has 1 aromatic heterocycles. The second-order valence-electron chi connectivity index (χ2n) is 4.77. The minimum absolute atomic E-state index is 0.266. The van der Waals surface area contributed by atoms with E-state index in [2.05, 4.69) is 4.98 Å². The average Bonchev–Trinajstić information content (AvgIpc) is 2.50. The van der Waals surface area contributed by atoms with Gasteiger partial charge in [0, 0.05) is 23.8 Å². The van der Waals surface area contributed by atoms with Crippen molar-refractivity contribution in [3.8, 4) is 6.07 Å². The van der Waals surface area contributed by atoms with Crippen molar-refractivity contribution in [3.05, 3.63) is 36.2 Å². The Hall–Kier alpha value is -2.33. The van der Waals surface area contributed by atoms with Gasteiger partial charge in [-0.15, -0.1) is 0 Å². The van der Waals surface area contributed by atoms with Gasteiger partial charge in [-0.1, -0.05) is 0 Å². The van der Waals surface area contributed by atoms with Crippen molar-refractivity contribution in [1.82, 2.24) is 4.98 Å². The van der Waals surface area contributed by atoms with Gasteiger partial charge in [0.15, 0.2) is 6.10 Å². The maximum atomic E-state index is 12.5. The Morgan fingerprint density at radius 3 is 2.68 bits per heavy atom. The Kier molecular flexibility index (Phi) is 4.52. The maximum absolute atomic E-state index is 12.5. The zero-order valence-electron chi connectivity index (χ0n) is 11.8. The van der Waals surface area contributed by atoms with Gasteiger partial charge in [-0.2, -0.15) is 18.4 Å². The highest BCUT2D eigenvalue weighted by Gasteiger charge is 2.39. The summed E-state index contributed by atoms with van der Waals surface area (Å²) >= 11 is 0. The summed E-state index contributed by atoms with van der Waals surface area (Å²) in [6.07, 6.45) is -5.58. The lowest BCUT2D eigenvalue weighted by atomic mass is 10.1. The van der Waals surface area contributed by atoms with Crippen LogP contribution >= 0.6 is 0 Å². The quantitative estimate of drug-likeness (QED) is 0.943. The first-order valence-electron chi connectivity index (χ1n) is 6.65. The van der Waals surface area contributed by atoms with Crippen molar-refractivity contribution in [2.75, 3.05) is 18.0 Å². The first-order chi connectivity index (χ1) is 10.4. The van der Waals surface area contributed by atoms with E-state index in [1.54, 1.807) is 31.2 Å². The lowest BCUT2D eigenvalue weighted by Crippen LogP contribution is -2.41. The van der Waals surface area contributed by atoms with E-state index in [9.17, 15) is 18.3 Å². The summed E-state index contributed by atoms with van der Waals surface area (Å²) in [5.41, 5.74) is 0.816. The largest absolute Gasteiger partial charge is 0.416 e. The molecule has 0 bridgehead atoms. The molecule has 0 radical (unpaired) electrons. The summed E-state index contributed by atoms with van der Waals surface area (Å²) in [4.78, 5) is 5.37. The molecule has 0 fully saturated rings. The summed E-state index contributed by atoms with van der Waals surface area (Å²) in [7, 11) is 0. The lowest BCUT2D eigenvalue weighted by Gasteiger charge is -2.27. The van der Waals surface area contributed by atoms with E-state index in [1.807, 2.05) is 6.07 Å². The number of fused-ring (bicyclic) bond motifs is 1. The van der Waals surface area contributed by atoms with Gasteiger partial charge in [0.2, 0.25) is 0 Å². The van der Waals surface area contributed by atoms with Crippen LogP contribution in [-0.4, -0.2) is 35.5 Å². The molecule has 1 atom stereocenters. The number of likely N-dealkylation sites (N-methyl/N-ethyl adjacent to an activating group) is 1. The van der Waals surface area contributed by atoms with Crippen LogP contribution in [0.25, 0.3) is 10.8 Å². The van der Waals surface area contributed by atoms with E-state index >= 15 is 0 Å². The molecule has 22 heavy (non-hydrogen) atoms. The number of hydrogen-bond acceptors (Lipinski definition) is 4. The van der Waals surface area contributed by atoms with Crippen LogP contribution in [0.1, 0.15) is 12.6 Å². The number of aliphatic hydroxyl groups is 1. The van der Waals surface area contributed by atoms with Crippen molar-refractivity contribution in [2.24, 2.45) is 0 Å². The number of rotatable bonds is 4. The Morgan fingerprint density at radius 1 is 1.36 bits per heavy atom. The summed E-state index contributed by atoms with van der Waals surface area (Å²) in [6, 6.07) is 8.62. The molecular weight excluding hydrogens is 295 g/mol. The minimum Gasteiger partial charge on any atom is -0.382 e. The predicted octanol–water partition coefficient (Wildman–Crippen LogP) is 2.86. The third-order valence-corrected chi connectivity index (χ3v) is 3.37. The van der Waals surface area contributed by atoms with Gasteiger partial charge in [-0.25, -0.2) is 4.98 Å². The van der Waals surface area contributed by atoms with Crippen LogP contribution in [0.15, 0.2) is 30.5 Å². The van der Waals surface area contributed by atoms with Gasteiger partial charge in [-0.05, 0) is 36.6 Å². The fourth-order valence-electron chi connectivity index (χ4n) is 2.18. The molecule has 0 spiro atoms. The fraction of sp³-hybridized carbons (Fsp3) is 0.333. The Morgan fingerprint density at radius 2 is 2.09 bits per heavy atom. The van der Waals surface area contributed by atoms with E-state index < -0.39 is 18.8 Å². The van der Waals surface area contributed by atoms with Gasteiger partial charge < -0.3 is 10.0 Å². The number of hydrogen-bond donors (Lipinski definition) is 1. The normalized spacial score (nSPS) is 12.9. The molecule has 1 heterocycles. The number of nitriles is 1. The topological polar surface area (TPSA) is 60.1 Å². The molecule has 0 saturated heterocycles. The number of nitrogens with zero attached hydrogens (tertiary/aromatic N) is 3. The molecule has 0 aliphatic rings. The third-order valence-electron chi connectivity index (χ3n) is 3.37. The number of aromatic nitrogens is 1. The second-order valence-corrected chi connectivity index (χ2v) is 4.77. The molecule has 0 amide bonds. The SMILES string of the molecule is CCN(CC(O)C(F)(F)F)c1ccc2c(C#N)nccc2c1. The molecule has 116 valence electrons. The number of anilines is 1. The number of pyridine rings is 1. The highest BCUT2D eigenvalue weighted by atomic mass is 19.4. The van der Waals surface area contributed by atoms with Crippen LogP contribution in [0.4, 0.5) is 18.9 Å². The van der Waals surface area contributed by atoms with Gasteiger partial charge in [0.05, 0.1) is 6.54 Å². The van der Waals surface area contributed by atoms with E-state index in [1.165, 1.54) is 11.1 Å². The zero-order chi connectivity index (χ0) is 16.3. The van der Waals surface area contributed by atoms with Crippen molar-refractivity contribution in [3.63, 3.8) is 0 Å². The first kappa shape index (κ1) is 16.0. The summed E-state index contributed by atoms with van der Waals surface area (Å²) in [5, 5.41) is 19.6. The van der Waals surface area contributed by atoms with Crippen LogP contribution in [0.3, 0.4) is 0 Å². The van der Waals surface area contributed by atoms with E-state index in [0.717, 1.165) is 0 Å². The summed E-state index contributed by atoms with van der Waals surface area (Å²) in [5.74, 6) is 0. The maximum Gasteiger partial charge on any atom is 0.416 e. The summed E-state index contributed by atoms with van der Waals surface area (Å²) in [6.45, 7) is 1.48. The lowest BCUT2D eigenvalue weighted by molar-refractivity contribution is -0.200. The second kappa shape index (κ2) is 6.20. The smallest absolute Gasteiger partial charge is 0.382 e. The standard InChI is InChI=1S/C15H14F3N3O/c1-2-21(9-14(22)15(16,17)18)11-3-4-12-10(7-11)5-6-20-13(12)8-19/h3-7,14,22H,2,9H2,1H3. The molecule has 7 heteroatoms. The molecule has 1 unspecified atom stereocenters. The van der Waals surface area contributed by atoms with E-state index in [-0.39, 0.29) is 5.69 Å². The number of alkyl halides is 3. The van der Waals surface area contributed by atoms with E-state index in [0.29, 0.717) is 23.0 Å². The Labute approximate surface area is 125 Å². The zero-order valence-corrected chi connectivity index (χ0v) is 11.8. The van der Waals surface area contributed by atoms with Crippen LogP contribution in [0, 0.1) is 11.3 Å². The predicted molar refractivity (Wildman–Crippen MR) is 76.4 cm³/mol. The molecule has 0 saturated carbocycles. The molecule has 1 aromatic carbocycles. The van der Waals surface area contributed by atoms with Crippen LogP contribution in [0.5, 0.6) is 0 Å². The molecule has 0 aliphatic heterocycles. The molecule has 4 nitrogen and oxygen atoms in total. The minimum atomic E-state index is -4.65. The molecule has 2 rings (SSSR count). The van der Waals surface area contributed by atoms with Crippen molar-refractivity contribution in [1.29, 1.82) is 5.26 Å². The Balaban J connectivity index is 2.35. The summed E-state index contributed by atoms with van der Waals surface area (Å²) < 4.78 is 37.5. The Bertz CT molecular complexity index is 709. The highest BCUT2D eigenvalue weighted by Crippen LogP contribution is 2.26. The number of aliphatic hydroxyl groups excluding tert-OH is 1. The third kappa shape index (κ3) is 3.28. The van der Waals surface area contributed by atoms with Gasteiger partial charge >= 0.3 is 6.18 Å². The number of benzene rings is 1. The average molecular weight is 309 g/mol. The van der Waals surface area contributed by atoms with Crippen molar-refractivity contribution < 1.29 is 18.3 Å². The molecular formula is C15H14F3N3O. The van der Waals surface area contributed by atoms with Crippen LogP contribution in [-0.2, 0) is 0 Å². The van der Waals surface area contributed by atoms with Crippen molar-refractivity contribution in [2.45, 2.75) is 19.2 Å². The van der Waals surface area contributed by atoms with Gasteiger partial charge in [0.25, 0.3) is 0 Å². The van der Waals surface area contributed by atoms with E-state index in [4.69, 9.17) is 5.26 Å². The highest BCUT2D eigenvalue weighted by molar-refractivity contribution is 5.89. The molecule has 0 aliphatic carbocycles. The van der Waals surface area contributed by atoms with Crippen LogP contribution in [0.2, 0.25) is 0 Å². The fourth-order valence-corrected chi connectivity index (χ4v) is 2.18. The van der Waals surface area contributed by atoms with Gasteiger partial charge in [-0.3, -0.25) is 0 Å². The first-order valence-corrected chi connectivity index (χ1v) is 6.65. The van der Waals surface area contributed by atoms with Crippen molar-refractivity contribution >= 4 is 16.5 Å². The molecule has 1 N–H and O–H groups in total. The monoisotopic (exact) mass is 309 g/mol.